The Balaban J connectivity index is 1.61. The van der Waals surface area contributed by atoms with Crippen LogP contribution < -0.4 is 4.90 Å². The molecule has 0 spiro atoms. The van der Waals surface area contributed by atoms with Crippen LogP contribution in [0.3, 0.4) is 0 Å². The number of carbonyl (C=O) groups is 1. The maximum atomic E-state index is 12.0. The summed E-state index contributed by atoms with van der Waals surface area (Å²) in [7, 11) is 0. The molecule has 1 aromatic heterocycles. The minimum Gasteiger partial charge on any atom is -0.449 e. The molecule has 1 fully saturated rings. The summed E-state index contributed by atoms with van der Waals surface area (Å²) in [5.41, 5.74) is 1.57. The Morgan fingerprint density at radius 2 is 2.00 bits per heavy atom. The first-order chi connectivity index (χ1) is 10.5. The monoisotopic (exact) mass is 328 g/mol. The highest BCUT2D eigenvalue weighted by molar-refractivity contribution is 7.13. The minimum atomic E-state index is -0.243. The third-order valence-corrected chi connectivity index (χ3v) is 3.96. The van der Waals surface area contributed by atoms with Crippen molar-refractivity contribution in [2.24, 2.45) is 0 Å². The van der Waals surface area contributed by atoms with E-state index in [0.29, 0.717) is 32.7 Å². The Labute approximate surface area is 135 Å². The number of hydrogen-bond donors (Lipinski definition) is 0. The van der Waals surface area contributed by atoms with Gasteiger partial charge in [-0.1, -0.05) is 11.3 Å². The maximum absolute atomic E-state index is 12.0. The molecular formula is C14H24N4O3S. The van der Waals surface area contributed by atoms with Crippen LogP contribution in [0.1, 0.15) is 27.2 Å². The second-order valence-electron chi connectivity index (χ2n) is 6.12. The van der Waals surface area contributed by atoms with Crippen molar-refractivity contribution in [3.8, 4) is 0 Å². The number of ether oxygens (including phenoxy) is 2. The molecule has 8 heteroatoms. The lowest BCUT2D eigenvalue weighted by atomic mass is 10.2. The highest BCUT2D eigenvalue weighted by atomic mass is 32.1. The van der Waals surface area contributed by atoms with Crippen LogP contribution in [0.5, 0.6) is 0 Å². The van der Waals surface area contributed by atoms with Gasteiger partial charge < -0.3 is 19.3 Å². The van der Waals surface area contributed by atoms with Crippen LogP contribution >= 0.6 is 11.3 Å². The van der Waals surface area contributed by atoms with Crippen molar-refractivity contribution < 1.29 is 14.3 Å². The Hall–Kier alpha value is -1.41. The van der Waals surface area contributed by atoms with Crippen molar-refractivity contribution in [1.82, 2.24) is 15.1 Å². The highest BCUT2D eigenvalue weighted by Crippen LogP contribution is 2.17. The molecule has 1 aliphatic heterocycles. The van der Waals surface area contributed by atoms with E-state index in [-0.39, 0.29) is 11.7 Å². The molecule has 2 heterocycles. The lowest BCUT2D eigenvalue weighted by Gasteiger charge is -2.33. The summed E-state index contributed by atoms with van der Waals surface area (Å²) < 4.78 is 10.9. The number of aromatic nitrogens is 2. The zero-order valence-corrected chi connectivity index (χ0v) is 14.3. The normalized spacial score (nSPS) is 16.0. The molecule has 0 radical (unpaired) electrons. The third-order valence-electron chi connectivity index (χ3n) is 3.21. The average molecular weight is 328 g/mol. The van der Waals surface area contributed by atoms with Crippen LogP contribution in [0.4, 0.5) is 9.93 Å². The van der Waals surface area contributed by atoms with Gasteiger partial charge in [-0.3, -0.25) is 0 Å². The molecule has 1 aliphatic rings. The fourth-order valence-corrected chi connectivity index (χ4v) is 2.69. The zero-order valence-electron chi connectivity index (χ0n) is 13.4. The van der Waals surface area contributed by atoms with Gasteiger partial charge in [-0.05, 0) is 20.8 Å². The number of anilines is 1. The Bertz CT molecular complexity index is 453. The number of piperazine rings is 1. The molecule has 0 bridgehead atoms. The molecule has 1 aromatic rings. The smallest absolute Gasteiger partial charge is 0.409 e. The first kappa shape index (κ1) is 17.0. The van der Waals surface area contributed by atoms with Gasteiger partial charge in [0.25, 0.3) is 0 Å². The first-order valence-electron chi connectivity index (χ1n) is 7.52. The molecule has 0 saturated carbocycles. The average Bonchev–Trinajstić information content (AvgIpc) is 3.00. The molecular weight excluding hydrogens is 304 g/mol. The van der Waals surface area contributed by atoms with E-state index in [1.165, 1.54) is 11.3 Å². The van der Waals surface area contributed by atoms with Gasteiger partial charge in [-0.15, -0.1) is 10.2 Å². The molecule has 0 aromatic carbocycles. The van der Waals surface area contributed by atoms with E-state index in [2.05, 4.69) is 15.1 Å². The van der Waals surface area contributed by atoms with E-state index >= 15 is 0 Å². The van der Waals surface area contributed by atoms with E-state index < -0.39 is 0 Å². The van der Waals surface area contributed by atoms with Crippen molar-refractivity contribution in [3.05, 3.63) is 5.51 Å². The summed E-state index contributed by atoms with van der Waals surface area (Å²) in [5.74, 6) is 0. The van der Waals surface area contributed by atoms with Crippen molar-refractivity contribution in [3.63, 3.8) is 0 Å². The Morgan fingerprint density at radius 1 is 1.27 bits per heavy atom. The predicted octanol–water partition coefficient (Wildman–Crippen LogP) is 2.00. The molecule has 0 aliphatic carbocycles. The molecule has 2 rings (SSSR count). The largest absolute Gasteiger partial charge is 0.449 e. The molecule has 0 unspecified atom stereocenters. The van der Waals surface area contributed by atoms with Gasteiger partial charge in [0.1, 0.15) is 5.51 Å². The second-order valence-corrected chi connectivity index (χ2v) is 6.94. The molecule has 0 N–H and O–H groups in total. The van der Waals surface area contributed by atoms with Gasteiger partial charge in [0.2, 0.25) is 5.13 Å². The molecule has 1 saturated heterocycles. The Morgan fingerprint density at radius 3 is 2.59 bits per heavy atom. The summed E-state index contributed by atoms with van der Waals surface area (Å²) in [6.45, 7) is 9.85. The summed E-state index contributed by atoms with van der Waals surface area (Å²) in [5, 5.41) is 8.79. The summed E-state index contributed by atoms with van der Waals surface area (Å²) >= 11 is 1.52. The quantitative estimate of drug-likeness (QED) is 0.770. The fourth-order valence-electron chi connectivity index (χ4n) is 2.07. The van der Waals surface area contributed by atoms with E-state index in [0.717, 1.165) is 18.2 Å². The third kappa shape index (κ3) is 5.42. The predicted molar refractivity (Wildman–Crippen MR) is 85.4 cm³/mol. The van der Waals surface area contributed by atoms with Crippen LogP contribution in [0.2, 0.25) is 0 Å². The van der Waals surface area contributed by atoms with Crippen LogP contribution in [-0.4, -0.2) is 66.2 Å². The second kappa shape index (κ2) is 7.73. The van der Waals surface area contributed by atoms with Crippen LogP contribution in [0.25, 0.3) is 0 Å². The van der Waals surface area contributed by atoms with Crippen molar-refractivity contribution in [2.75, 3.05) is 44.3 Å². The Kier molecular flexibility index (Phi) is 5.96. The van der Waals surface area contributed by atoms with Gasteiger partial charge in [-0.25, -0.2) is 4.79 Å². The van der Waals surface area contributed by atoms with Crippen molar-refractivity contribution >= 4 is 22.6 Å². The van der Waals surface area contributed by atoms with Gasteiger partial charge in [0, 0.05) is 32.6 Å². The van der Waals surface area contributed by atoms with Gasteiger partial charge in [-0.2, -0.15) is 0 Å². The SMILES string of the molecule is CC(C)(C)OCCCOC(=O)N1CCN(c2nncs2)CC1. The fraction of sp³-hybridized carbons (Fsp3) is 0.786. The van der Waals surface area contributed by atoms with E-state index in [4.69, 9.17) is 9.47 Å². The number of carbonyl (C=O) groups excluding carboxylic acids is 1. The van der Waals surface area contributed by atoms with Gasteiger partial charge in [0.15, 0.2) is 0 Å². The summed E-state index contributed by atoms with van der Waals surface area (Å²) in [6, 6.07) is 0. The molecule has 7 nitrogen and oxygen atoms in total. The number of nitrogens with zero attached hydrogens (tertiary/aromatic N) is 4. The van der Waals surface area contributed by atoms with Gasteiger partial charge >= 0.3 is 6.09 Å². The van der Waals surface area contributed by atoms with Crippen molar-refractivity contribution in [2.45, 2.75) is 32.8 Å². The summed E-state index contributed by atoms with van der Waals surface area (Å²) in [4.78, 5) is 15.8. The van der Waals surface area contributed by atoms with E-state index in [1.807, 2.05) is 20.8 Å². The minimum absolute atomic E-state index is 0.148. The number of rotatable bonds is 5. The first-order valence-corrected chi connectivity index (χ1v) is 8.40. The lowest BCUT2D eigenvalue weighted by Crippen LogP contribution is -2.49. The zero-order chi connectivity index (χ0) is 16.0. The standard InChI is InChI=1S/C14H24N4O3S/c1-14(2,3)21-10-4-9-20-13(19)18-7-5-17(6-8-18)12-16-15-11-22-12/h11H,4-10H2,1-3H3. The number of amides is 1. The van der Waals surface area contributed by atoms with Crippen LogP contribution in [0.15, 0.2) is 5.51 Å². The molecule has 0 atom stereocenters. The highest BCUT2D eigenvalue weighted by Gasteiger charge is 2.23. The topological polar surface area (TPSA) is 67.8 Å². The van der Waals surface area contributed by atoms with Crippen LogP contribution in [-0.2, 0) is 9.47 Å². The summed E-state index contributed by atoms with van der Waals surface area (Å²) in [6.07, 6.45) is 0.473. The number of hydrogen-bond acceptors (Lipinski definition) is 7. The van der Waals surface area contributed by atoms with Crippen molar-refractivity contribution in [1.29, 1.82) is 0 Å². The molecule has 124 valence electrons. The lowest BCUT2D eigenvalue weighted by molar-refractivity contribution is -0.0109. The molecule has 1 amide bonds. The van der Waals surface area contributed by atoms with Crippen LogP contribution in [0, 0.1) is 0 Å². The maximum Gasteiger partial charge on any atom is 0.409 e. The van der Waals surface area contributed by atoms with E-state index in [1.54, 1.807) is 10.4 Å². The molecule has 22 heavy (non-hydrogen) atoms. The van der Waals surface area contributed by atoms with Gasteiger partial charge in [0.05, 0.1) is 18.8 Å². The van der Waals surface area contributed by atoms with E-state index in [9.17, 15) is 4.79 Å².